The molecule has 0 saturated carbocycles. The summed E-state index contributed by atoms with van der Waals surface area (Å²) in [5.41, 5.74) is -0.404. The fourth-order valence-electron chi connectivity index (χ4n) is 3.02. The standard InChI is InChI=1S/C14H18N4O5/c19-12(17-4-6-23-7-5-17)9-2-1-3-18(9)13(20)10-11(14(21)22)16-8-15-10/h8-9H,1-7H2,(H,15,16)(H,21,22)/t9-/m0/s1. The van der Waals surface area contributed by atoms with E-state index >= 15 is 0 Å². The first kappa shape index (κ1) is 15.5. The van der Waals surface area contributed by atoms with Gasteiger partial charge in [-0.2, -0.15) is 0 Å². The Morgan fingerprint density at radius 2 is 2.00 bits per heavy atom. The molecule has 9 heteroatoms. The topological polar surface area (TPSA) is 116 Å². The van der Waals surface area contributed by atoms with Crippen molar-refractivity contribution in [1.29, 1.82) is 0 Å². The van der Waals surface area contributed by atoms with Crippen LogP contribution in [0, 0.1) is 0 Å². The zero-order valence-corrected chi connectivity index (χ0v) is 12.5. The number of aromatic carboxylic acids is 1. The van der Waals surface area contributed by atoms with Gasteiger partial charge in [0.2, 0.25) is 5.91 Å². The summed E-state index contributed by atoms with van der Waals surface area (Å²) in [7, 11) is 0. The Kier molecular flexibility index (Phi) is 4.28. The van der Waals surface area contributed by atoms with E-state index in [-0.39, 0.29) is 17.3 Å². The van der Waals surface area contributed by atoms with Gasteiger partial charge in [-0.15, -0.1) is 0 Å². The summed E-state index contributed by atoms with van der Waals surface area (Å²) in [5.74, 6) is -1.87. The van der Waals surface area contributed by atoms with Crippen LogP contribution in [0.5, 0.6) is 0 Å². The maximum atomic E-state index is 12.6. The molecule has 2 amide bonds. The van der Waals surface area contributed by atoms with E-state index in [0.29, 0.717) is 45.7 Å². The molecule has 3 heterocycles. The molecule has 1 atom stereocenters. The zero-order chi connectivity index (χ0) is 16.4. The zero-order valence-electron chi connectivity index (χ0n) is 12.5. The number of ether oxygens (including phenoxy) is 1. The summed E-state index contributed by atoms with van der Waals surface area (Å²) in [6.07, 6.45) is 2.46. The minimum absolute atomic E-state index is 0.105. The van der Waals surface area contributed by atoms with Crippen LogP contribution in [0.2, 0.25) is 0 Å². The molecule has 0 aromatic carbocycles. The number of H-pyrrole nitrogens is 1. The summed E-state index contributed by atoms with van der Waals surface area (Å²) in [5, 5.41) is 9.09. The summed E-state index contributed by atoms with van der Waals surface area (Å²) < 4.78 is 5.23. The van der Waals surface area contributed by atoms with Crippen molar-refractivity contribution in [3.8, 4) is 0 Å². The van der Waals surface area contributed by atoms with Crippen molar-refractivity contribution in [1.82, 2.24) is 19.8 Å². The lowest BCUT2D eigenvalue weighted by Crippen LogP contribution is -2.51. The number of carboxylic acids is 1. The van der Waals surface area contributed by atoms with Gasteiger partial charge >= 0.3 is 5.97 Å². The third-order valence-electron chi connectivity index (χ3n) is 4.18. The second-order valence-electron chi connectivity index (χ2n) is 5.53. The molecule has 23 heavy (non-hydrogen) atoms. The van der Waals surface area contributed by atoms with Crippen molar-refractivity contribution >= 4 is 17.8 Å². The van der Waals surface area contributed by atoms with E-state index in [0.717, 1.165) is 0 Å². The van der Waals surface area contributed by atoms with Crippen LogP contribution in [0.3, 0.4) is 0 Å². The first-order valence-corrected chi connectivity index (χ1v) is 7.53. The molecule has 1 aromatic rings. The number of imidazole rings is 1. The van der Waals surface area contributed by atoms with Crippen molar-refractivity contribution in [3.63, 3.8) is 0 Å². The predicted octanol–water partition coefficient (Wildman–Crippen LogP) is -0.429. The summed E-state index contributed by atoms with van der Waals surface area (Å²) in [6, 6.07) is -0.557. The minimum atomic E-state index is -1.25. The van der Waals surface area contributed by atoms with Crippen LogP contribution in [0.15, 0.2) is 6.33 Å². The lowest BCUT2D eigenvalue weighted by atomic mass is 10.1. The number of morpholine rings is 1. The maximum absolute atomic E-state index is 12.6. The average molecular weight is 322 g/mol. The highest BCUT2D eigenvalue weighted by atomic mass is 16.5. The van der Waals surface area contributed by atoms with Crippen LogP contribution in [0.4, 0.5) is 0 Å². The molecule has 2 fully saturated rings. The first-order chi connectivity index (χ1) is 11.1. The number of carboxylic acid groups (broad SMARTS) is 1. The van der Waals surface area contributed by atoms with Gasteiger partial charge in [-0.25, -0.2) is 9.78 Å². The number of aromatic amines is 1. The van der Waals surface area contributed by atoms with Crippen LogP contribution in [0.1, 0.15) is 33.8 Å². The van der Waals surface area contributed by atoms with Crippen molar-refractivity contribution in [3.05, 3.63) is 17.7 Å². The Labute approximate surface area is 132 Å². The number of carbonyl (C=O) groups is 3. The number of nitrogens with zero attached hydrogens (tertiary/aromatic N) is 3. The monoisotopic (exact) mass is 322 g/mol. The molecular weight excluding hydrogens is 304 g/mol. The van der Waals surface area contributed by atoms with Gasteiger partial charge in [-0.3, -0.25) is 9.59 Å². The molecule has 0 aliphatic carbocycles. The second-order valence-corrected chi connectivity index (χ2v) is 5.53. The van der Waals surface area contributed by atoms with Crippen molar-refractivity contribution < 1.29 is 24.2 Å². The lowest BCUT2D eigenvalue weighted by Gasteiger charge is -2.32. The fourth-order valence-corrected chi connectivity index (χ4v) is 3.02. The molecule has 0 unspecified atom stereocenters. The molecule has 1 aromatic heterocycles. The van der Waals surface area contributed by atoms with Gasteiger partial charge in [0, 0.05) is 19.6 Å². The van der Waals surface area contributed by atoms with E-state index in [9.17, 15) is 14.4 Å². The van der Waals surface area contributed by atoms with E-state index in [4.69, 9.17) is 9.84 Å². The Bertz CT molecular complexity index is 622. The highest BCUT2D eigenvalue weighted by Crippen LogP contribution is 2.22. The molecule has 2 aliphatic rings. The Morgan fingerprint density at radius 1 is 1.26 bits per heavy atom. The molecule has 0 spiro atoms. The van der Waals surface area contributed by atoms with E-state index in [1.807, 2.05) is 0 Å². The predicted molar refractivity (Wildman–Crippen MR) is 77.0 cm³/mol. The molecule has 3 rings (SSSR count). The molecule has 2 saturated heterocycles. The normalized spacial score (nSPS) is 21.5. The lowest BCUT2D eigenvalue weighted by molar-refractivity contribution is -0.139. The Morgan fingerprint density at radius 3 is 2.70 bits per heavy atom. The smallest absolute Gasteiger partial charge is 0.354 e. The SMILES string of the molecule is O=C(O)c1[nH]cnc1C(=O)N1CCC[C@H]1C(=O)N1CCOCC1. The number of amides is 2. The van der Waals surface area contributed by atoms with Gasteiger partial charge in [0.15, 0.2) is 11.4 Å². The van der Waals surface area contributed by atoms with E-state index in [1.165, 1.54) is 11.2 Å². The third-order valence-corrected chi connectivity index (χ3v) is 4.18. The molecule has 0 radical (unpaired) electrons. The fraction of sp³-hybridized carbons (Fsp3) is 0.571. The van der Waals surface area contributed by atoms with Crippen LogP contribution in [-0.2, 0) is 9.53 Å². The van der Waals surface area contributed by atoms with E-state index in [1.54, 1.807) is 4.90 Å². The van der Waals surface area contributed by atoms with E-state index < -0.39 is 17.9 Å². The van der Waals surface area contributed by atoms with E-state index in [2.05, 4.69) is 9.97 Å². The molecule has 124 valence electrons. The van der Waals surface area contributed by atoms with Crippen molar-refractivity contribution in [2.24, 2.45) is 0 Å². The number of hydrogen-bond acceptors (Lipinski definition) is 5. The third kappa shape index (κ3) is 2.91. The van der Waals surface area contributed by atoms with Crippen LogP contribution >= 0.6 is 0 Å². The average Bonchev–Trinajstić information content (AvgIpc) is 3.23. The first-order valence-electron chi connectivity index (χ1n) is 7.53. The van der Waals surface area contributed by atoms with Gasteiger partial charge in [-0.1, -0.05) is 0 Å². The summed E-state index contributed by atoms with van der Waals surface area (Å²) in [6.45, 7) is 2.44. The molecule has 9 nitrogen and oxygen atoms in total. The number of carbonyl (C=O) groups excluding carboxylic acids is 2. The number of nitrogens with one attached hydrogen (secondary N) is 1. The van der Waals surface area contributed by atoms with Crippen molar-refractivity contribution in [2.75, 3.05) is 32.8 Å². The molecule has 0 bridgehead atoms. The van der Waals surface area contributed by atoms with Gasteiger partial charge in [0.25, 0.3) is 5.91 Å². The quantitative estimate of drug-likeness (QED) is 0.780. The maximum Gasteiger partial charge on any atom is 0.354 e. The largest absolute Gasteiger partial charge is 0.477 e. The van der Waals surface area contributed by atoms with Crippen molar-refractivity contribution in [2.45, 2.75) is 18.9 Å². The highest BCUT2D eigenvalue weighted by Gasteiger charge is 2.39. The number of rotatable bonds is 3. The number of likely N-dealkylation sites (tertiary alicyclic amines) is 1. The van der Waals surface area contributed by atoms with Gasteiger partial charge in [0.05, 0.1) is 19.5 Å². The Hall–Kier alpha value is -2.42. The van der Waals surface area contributed by atoms with Crippen LogP contribution < -0.4 is 0 Å². The minimum Gasteiger partial charge on any atom is -0.477 e. The molecule has 2 aliphatic heterocycles. The molecule has 2 N–H and O–H groups in total. The highest BCUT2D eigenvalue weighted by molar-refractivity contribution is 6.03. The summed E-state index contributed by atoms with van der Waals surface area (Å²) in [4.78, 5) is 45.8. The number of hydrogen-bond donors (Lipinski definition) is 2. The van der Waals surface area contributed by atoms with Gasteiger partial charge < -0.3 is 24.6 Å². The second kappa shape index (κ2) is 6.37. The Balaban J connectivity index is 1.78. The molecular formula is C14H18N4O5. The van der Waals surface area contributed by atoms with Crippen LogP contribution in [-0.4, -0.2) is 81.5 Å². The van der Waals surface area contributed by atoms with Gasteiger partial charge in [0.1, 0.15) is 6.04 Å². The van der Waals surface area contributed by atoms with Gasteiger partial charge in [-0.05, 0) is 12.8 Å². The number of aromatic nitrogens is 2. The van der Waals surface area contributed by atoms with Crippen LogP contribution in [0.25, 0.3) is 0 Å². The summed E-state index contributed by atoms with van der Waals surface area (Å²) >= 11 is 0.